The SMILES string of the molecule is Cc1cc2nc(N)c3cnn(C)c3c2cc1C(=O)N(Cc1ncc(C#CC(C)(C)O)cc1F)C1CC1. The van der Waals surface area contributed by atoms with Gasteiger partial charge < -0.3 is 15.7 Å². The van der Waals surface area contributed by atoms with Crippen LogP contribution in [0.2, 0.25) is 0 Å². The number of rotatable bonds is 4. The highest BCUT2D eigenvalue weighted by atomic mass is 19.1. The van der Waals surface area contributed by atoms with E-state index in [1.807, 2.05) is 26.1 Å². The maximum absolute atomic E-state index is 14.9. The molecule has 3 N–H and O–H groups in total. The summed E-state index contributed by atoms with van der Waals surface area (Å²) < 4.78 is 16.7. The van der Waals surface area contributed by atoms with Gasteiger partial charge in [-0.25, -0.2) is 9.37 Å². The van der Waals surface area contributed by atoms with Crippen LogP contribution >= 0.6 is 0 Å². The van der Waals surface area contributed by atoms with E-state index >= 15 is 0 Å². The normalized spacial score (nSPS) is 13.6. The minimum Gasteiger partial charge on any atom is -0.383 e. The Hall–Kier alpha value is -4.03. The number of aryl methyl sites for hydroxylation is 2. The molecule has 1 aliphatic rings. The first-order chi connectivity index (χ1) is 17.0. The summed E-state index contributed by atoms with van der Waals surface area (Å²) in [6.45, 7) is 5.01. The maximum atomic E-state index is 14.9. The molecule has 0 aliphatic heterocycles. The number of hydrogen-bond acceptors (Lipinski definition) is 6. The molecule has 184 valence electrons. The van der Waals surface area contributed by atoms with Crippen molar-refractivity contribution in [2.24, 2.45) is 7.05 Å². The number of nitrogens with zero attached hydrogens (tertiary/aromatic N) is 5. The van der Waals surface area contributed by atoms with Crippen molar-refractivity contribution in [3.8, 4) is 11.8 Å². The molecule has 1 fully saturated rings. The fourth-order valence-electron chi connectivity index (χ4n) is 4.28. The molecule has 3 heterocycles. The molecule has 0 atom stereocenters. The monoisotopic (exact) mass is 486 g/mol. The Bertz CT molecular complexity index is 1590. The summed E-state index contributed by atoms with van der Waals surface area (Å²) in [6, 6.07) is 5.00. The zero-order valence-electron chi connectivity index (χ0n) is 20.6. The van der Waals surface area contributed by atoms with Crippen molar-refractivity contribution >= 4 is 33.5 Å². The van der Waals surface area contributed by atoms with E-state index in [2.05, 4.69) is 26.9 Å². The number of nitrogen functional groups attached to an aromatic ring is 1. The minimum atomic E-state index is -1.19. The second kappa shape index (κ2) is 8.57. The fraction of sp³-hybridized carbons (Fsp3) is 0.333. The van der Waals surface area contributed by atoms with Crippen LogP contribution in [-0.2, 0) is 13.6 Å². The topological polar surface area (TPSA) is 110 Å². The predicted molar refractivity (Wildman–Crippen MR) is 135 cm³/mol. The molecule has 4 aromatic rings. The summed E-state index contributed by atoms with van der Waals surface area (Å²) in [4.78, 5) is 24.2. The van der Waals surface area contributed by atoms with Crippen molar-refractivity contribution in [1.82, 2.24) is 24.6 Å². The predicted octanol–water partition coefficient (Wildman–Crippen LogP) is 3.47. The molecule has 0 saturated heterocycles. The molecule has 0 bridgehead atoms. The third-order valence-electron chi connectivity index (χ3n) is 6.28. The van der Waals surface area contributed by atoms with Crippen molar-refractivity contribution in [1.29, 1.82) is 0 Å². The minimum absolute atomic E-state index is 0.0321. The molecular formula is C27H27FN6O2. The number of nitrogens with two attached hydrogens (primary N) is 1. The van der Waals surface area contributed by atoms with Crippen molar-refractivity contribution < 1.29 is 14.3 Å². The second-order valence-corrected chi connectivity index (χ2v) is 9.84. The third kappa shape index (κ3) is 4.48. The average Bonchev–Trinajstić information content (AvgIpc) is 3.57. The molecule has 1 saturated carbocycles. The Morgan fingerprint density at radius 3 is 2.69 bits per heavy atom. The van der Waals surface area contributed by atoms with Gasteiger partial charge in [0.15, 0.2) is 0 Å². The van der Waals surface area contributed by atoms with Gasteiger partial charge in [-0.2, -0.15) is 5.10 Å². The fourth-order valence-corrected chi connectivity index (χ4v) is 4.28. The molecule has 0 radical (unpaired) electrons. The number of amides is 1. The molecule has 5 rings (SSSR count). The molecule has 1 amide bonds. The van der Waals surface area contributed by atoms with Crippen LogP contribution in [0.3, 0.4) is 0 Å². The van der Waals surface area contributed by atoms with E-state index in [4.69, 9.17) is 5.73 Å². The summed E-state index contributed by atoms with van der Waals surface area (Å²) >= 11 is 0. The molecule has 9 heteroatoms. The van der Waals surface area contributed by atoms with Gasteiger partial charge in [-0.1, -0.05) is 11.8 Å². The molecule has 1 aromatic carbocycles. The third-order valence-corrected chi connectivity index (χ3v) is 6.28. The van der Waals surface area contributed by atoms with Crippen LogP contribution in [0.25, 0.3) is 21.8 Å². The number of hydrogen-bond donors (Lipinski definition) is 2. The van der Waals surface area contributed by atoms with Gasteiger partial charge in [0.25, 0.3) is 5.91 Å². The highest BCUT2D eigenvalue weighted by Crippen LogP contribution is 2.33. The first kappa shape index (κ1) is 23.7. The van der Waals surface area contributed by atoms with E-state index in [0.29, 0.717) is 22.5 Å². The summed E-state index contributed by atoms with van der Waals surface area (Å²) in [5.74, 6) is 5.04. The van der Waals surface area contributed by atoms with Crippen LogP contribution < -0.4 is 5.73 Å². The number of carbonyl (C=O) groups excluding carboxylic acids is 1. The average molecular weight is 487 g/mol. The number of carbonyl (C=O) groups is 1. The van der Waals surface area contributed by atoms with Crippen molar-refractivity contribution in [3.63, 3.8) is 0 Å². The van der Waals surface area contributed by atoms with E-state index in [9.17, 15) is 14.3 Å². The van der Waals surface area contributed by atoms with Crippen LogP contribution in [0.1, 0.15) is 53.9 Å². The number of pyridine rings is 2. The van der Waals surface area contributed by atoms with Crippen LogP contribution in [-0.4, -0.2) is 47.3 Å². The van der Waals surface area contributed by atoms with Gasteiger partial charge in [-0.05, 0) is 57.4 Å². The van der Waals surface area contributed by atoms with E-state index in [-0.39, 0.29) is 24.2 Å². The van der Waals surface area contributed by atoms with Gasteiger partial charge in [-0.15, -0.1) is 0 Å². The molecular weight excluding hydrogens is 459 g/mol. The van der Waals surface area contributed by atoms with Gasteiger partial charge in [0, 0.05) is 35.8 Å². The quantitative estimate of drug-likeness (QED) is 0.428. The molecule has 8 nitrogen and oxygen atoms in total. The van der Waals surface area contributed by atoms with Crippen LogP contribution in [0.4, 0.5) is 10.2 Å². The summed E-state index contributed by atoms with van der Waals surface area (Å²) in [5, 5.41) is 15.6. The number of halogens is 1. The lowest BCUT2D eigenvalue weighted by Crippen LogP contribution is -2.33. The smallest absolute Gasteiger partial charge is 0.254 e. The van der Waals surface area contributed by atoms with Crippen molar-refractivity contribution in [2.45, 2.75) is 51.8 Å². The van der Waals surface area contributed by atoms with E-state index < -0.39 is 11.4 Å². The summed E-state index contributed by atoms with van der Waals surface area (Å²) in [7, 11) is 1.82. The number of aromatic nitrogens is 4. The van der Waals surface area contributed by atoms with E-state index in [1.54, 1.807) is 29.6 Å². The van der Waals surface area contributed by atoms with Gasteiger partial charge in [0.1, 0.15) is 17.2 Å². The van der Waals surface area contributed by atoms with Crippen LogP contribution in [0.5, 0.6) is 0 Å². The Kier molecular flexibility index (Phi) is 5.64. The van der Waals surface area contributed by atoms with Gasteiger partial charge in [-0.3, -0.25) is 14.5 Å². The second-order valence-electron chi connectivity index (χ2n) is 9.84. The Morgan fingerprint density at radius 2 is 2.03 bits per heavy atom. The van der Waals surface area contributed by atoms with Crippen molar-refractivity contribution in [2.75, 3.05) is 5.73 Å². The lowest BCUT2D eigenvalue weighted by molar-refractivity contribution is 0.0725. The standard InChI is InChI=1S/C27H27FN6O2/c1-15-9-22-19(24-20(25(29)32-22)13-31-33(24)4)11-18(15)26(35)34(17-5-6-17)14-23-21(28)10-16(12-30-23)7-8-27(2,3)36/h9-13,17,36H,5-6,14H2,1-4H3,(H2,29,32). The zero-order chi connectivity index (χ0) is 25.8. The van der Waals surface area contributed by atoms with Crippen molar-refractivity contribution in [3.05, 3.63) is 58.8 Å². The highest BCUT2D eigenvalue weighted by Gasteiger charge is 2.34. The van der Waals surface area contributed by atoms with Gasteiger partial charge >= 0.3 is 0 Å². The Morgan fingerprint density at radius 1 is 1.28 bits per heavy atom. The van der Waals surface area contributed by atoms with Gasteiger partial charge in [0.05, 0.1) is 34.9 Å². The highest BCUT2D eigenvalue weighted by molar-refractivity contribution is 6.10. The Balaban J connectivity index is 1.50. The maximum Gasteiger partial charge on any atom is 0.254 e. The first-order valence-electron chi connectivity index (χ1n) is 11.7. The number of benzene rings is 1. The van der Waals surface area contributed by atoms with E-state index in [0.717, 1.165) is 34.7 Å². The number of fused-ring (bicyclic) bond motifs is 3. The largest absolute Gasteiger partial charge is 0.383 e. The molecule has 3 aromatic heterocycles. The molecule has 0 unspecified atom stereocenters. The lowest BCUT2D eigenvalue weighted by atomic mass is 10.0. The zero-order valence-corrected chi connectivity index (χ0v) is 20.6. The van der Waals surface area contributed by atoms with Gasteiger partial charge in [0.2, 0.25) is 0 Å². The Labute approximate surface area is 207 Å². The summed E-state index contributed by atoms with van der Waals surface area (Å²) in [5.41, 5.74) is 8.25. The van der Waals surface area contributed by atoms with Crippen LogP contribution in [0, 0.1) is 24.6 Å². The summed E-state index contributed by atoms with van der Waals surface area (Å²) in [6.07, 6.45) is 4.85. The number of anilines is 1. The first-order valence-corrected chi connectivity index (χ1v) is 11.7. The van der Waals surface area contributed by atoms with E-state index in [1.165, 1.54) is 12.3 Å². The number of aliphatic hydroxyl groups is 1. The lowest BCUT2D eigenvalue weighted by Gasteiger charge is -2.23. The molecule has 0 spiro atoms. The molecule has 36 heavy (non-hydrogen) atoms. The molecule has 1 aliphatic carbocycles. The van der Waals surface area contributed by atoms with Crippen LogP contribution in [0.15, 0.2) is 30.6 Å².